The summed E-state index contributed by atoms with van der Waals surface area (Å²) in [5.74, 6) is -0.846. The number of nitrogens with zero attached hydrogens (tertiary/aromatic N) is 3. The lowest BCUT2D eigenvalue weighted by molar-refractivity contribution is -0.232. The van der Waals surface area contributed by atoms with Gasteiger partial charge in [-0.3, -0.25) is 24.2 Å². The van der Waals surface area contributed by atoms with E-state index in [1.54, 1.807) is 7.11 Å². The van der Waals surface area contributed by atoms with Gasteiger partial charge in [0.25, 0.3) is 0 Å². The number of carbonyl (C=O) groups excluding carboxylic acids is 3. The Morgan fingerprint density at radius 2 is 1.81 bits per heavy atom. The van der Waals surface area contributed by atoms with Crippen molar-refractivity contribution in [1.29, 1.82) is 0 Å². The van der Waals surface area contributed by atoms with E-state index in [-0.39, 0.29) is 24.5 Å². The highest BCUT2D eigenvalue weighted by Crippen LogP contribution is 2.68. The number of aliphatic hydroxyl groups is 1. The van der Waals surface area contributed by atoms with Crippen LogP contribution in [0.1, 0.15) is 75.8 Å². The first-order valence-corrected chi connectivity index (χ1v) is 21.3. The smallest absolute Gasteiger partial charge is 0.322 e. The summed E-state index contributed by atoms with van der Waals surface area (Å²) in [5.41, 5.74) is 2.04. The molecule has 2 bridgehead atoms. The van der Waals surface area contributed by atoms with Gasteiger partial charge in [-0.2, -0.15) is 0 Å². The van der Waals surface area contributed by atoms with Gasteiger partial charge in [-0.1, -0.05) is 55.8 Å². The lowest BCUT2D eigenvalue weighted by atomic mass is 9.47. The van der Waals surface area contributed by atoms with Gasteiger partial charge in [0.05, 0.1) is 20.3 Å². The fourth-order valence-corrected chi connectivity index (χ4v) is 13.2. The van der Waals surface area contributed by atoms with E-state index in [0.29, 0.717) is 37.1 Å². The van der Waals surface area contributed by atoms with Crippen molar-refractivity contribution >= 4 is 34.5 Å². The number of hydrogen-bond acceptors (Lipinski definition) is 11. The molecule has 6 aliphatic rings. The van der Waals surface area contributed by atoms with E-state index in [1.807, 2.05) is 19.2 Å². The van der Waals surface area contributed by atoms with Crippen LogP contribution in [0.3, 0.4) is 0 Å². The number of H-pyrrole nitrogens is 1. The summed E-state index contributed by atoms with van der Waals surface area (Å²) in [4.78, 5) is 51.8. The molecule has 9 atom stereocenters. The van der Waals surface area contributed by atoms with Gasteiger partial charge in [-0.05, 0) is 67.8 Å². The highest BCUT2D eigenvalue weighted by atomic mass is 16.6. The molecule has 1 aliphatic carbocycles. The highest BCUT2D eigenvalue weighted by Gasteiger charge is 2.78. The molecule has 12 heteroatoms. The van der Waals surface area contributed by atoms with E-state index in [0.717, 1.165) is 72.4 Å². The first-order valence-electron chi connectivity index (χ1n) is 21.3. The molecule has 2 aromatic carbocycles. The van der Waals surface area contributed by atoms with E-state index < -0.39 is 45.9 Å². The Bertz CT molecular complexity index is 2280. The van der Waals surface area contributed by atoms with Crippen molar-refractivity contribution in [2.24, 2.45) is 11.3 Å². The van der Waals surface area contributed by atoms with Gasteiger partial charge in [0.2, 0.25) is 0 Å². The van der Waals surface area contributed by atoms with Crippen LogP contribution in [0.15, 0.2) is 60.2 Å². The van der Waals surface area contributed by atoms with Crippen LogP contribution in [0.4, 0.5) is 5.69 Å². The maximum absolute atomic E-state index is 15.3. The Morgan fingerprint density at radius 3 is 2.53 bits per heavy atom. The van der Waals surface area contributed by atoms with E-state index in [4.69, 9.17) is 18.9 Å². The number of para-hydroxylation sites is 1. The third kappa shape index (κ3) is 5.47. The maximum Gasteiger partial charge on any atom is 0.322 e. The predicted molar refractivity (Wildman–Crippen MR) is 224 cm³/mol. The van der Waals surface area contributed by atoms with Gasteiger partial charge in [0.15, 0.2) is 5.60 Å². The average Bonchev–Trinajstić information content (AvgIpc) is 3.89. The molecule has 3 aromatic rings. The molecule has 12 nitrogen and oxygen atoms in total. The fraction of sp³-hybridized carbons (Fsp3) is 0.553. The van der Waals surface area contributed by atoms with Crippen molar-refractivity contribution in [2.75, 3.05) is 65.5 Å². The molecule has 5 aliphatic heterocycles. The zero-order valence-corrected chi connectivity index (χ0v) is 35.4. The molecule has 2 N–H and O–H groups in total. The molecule has 0 radical (unpaired) electrons. The second-order valence-corrected chi connectivity index (χ2v) is 17.9. The molecule has 6 heterocycles. The van der Waals surface area contributed by atoms with Crippen LogP contribution in [-0.4, -0.2) is 122 Å². The van der Waals surface area contributed by atoms with Crippen molar-refractivity contribution in [2.45, 2.75) is 94.4 Å². The van der Waals surface area contributed by atoms with Crippen molar-refractivity contribution in [1.82, 2.24) is 14.8 Å². The number of likely N-dealkylation sites (N-methyl/N-ethyl adjacent to an activating group) is 1. The molecule has 1 saturated heterocycles. The van der Waals surface area contributed by atoms with E-state index in [1.165, 1.54) is 26.5 Å². The minimum atomic E-state index is -1.84. The van der Waals surface area contributed by atoms with Crippen LogP contribution >= 0.6 is 0 Å². The number of anilines is 1. The van der Waals surface area contributed by atoms with Gasteiger partial charge < -0.3 is 33.9 Å². The first kappa shape index (κ1) is 39.8. The molecule has 9 rings (SSSR count). The molecular weight excluding hydrogens is 749 g/mol. The number of esters is 3. The fourth-order valence-electron chi connectivity index (χ4n) is 13.2. The minimum absolute atomic E-state index is 0.0351. The number of rotatable bonds is 8. The standard InChI is InChI=1S/C47H58N4O8/c1-8-30-21-31-24-46(43(54)57-7,39-33(15-19-50(25-30)26-31)32-13-10-11-14-36(32)48-39)35-22-34-37(23-38(35)56-6)49(5)41-45(34)17-20-51-18-12-16-44(9-2,40(45)51)42(59-29(4)53)47(41,55)27-58-28(3)52/h10-14,16,21-23,31,40-42,48,55H,8-9,15,17-20,24-27H2,1-7H3/t31-,40?,41+,42+,44+,45+,46-,47?/m0/s1. The quantitative estimate of drug-likeness (QED) is 0.177. The molecule has 1 spiro atoms. The molecule has 1 aromatic heterocycles. The van der Waals surface area contributed by atoms with Crippen LogP contribution in [0.5, 0.6) is 5.75 Å². The summed E-state index contributed by atoms with van der Waals surface area (Å²) in [5, 5.41) is 14.6. The number of aromatic amines is 1. The minimum Gasteiger partial charge on any atom is -0.496 e. The number of methoxy groups -OCH3 is 2. The van der Waals surface area contributed by atoms with Crippen LogP contribution in [0, 0.1) is 11.3 Å². The summed E-state index contributed by atoms with van der Waals surface area (Å²) >= 11 is 0. The number of aromatic nitrogens is 1. The zero-order valence-electron chi connectivity index (χ0n) is 35.4. The molecule has 314 valence electrons. The van der Waals surface area contributed by atoms with Gasteiger partial charge in [-0.25, -0.2) is 0 Å². The topological polar surface area (TPSA) is 134 Å². The van der Waals surface area contributed by atoms with E-state index in [2.05, 4.69) is 76.0 Å². The van der Waals surface area contributed by atoms with Gasteiger partial charge in [-0.15, -0.1) is 0 Å². The van der Waals surface area contributed by atoms with Crippen molar-refractivity contribution in [3.63, 3.8) is 0 Å². The lowest BCUT2D eigenvalue weighted by Gasteiger charge is -2.64. The Morgan fingerprint density at radius 1 is 1.02 bits per heavy atom. The summed E-state index contributed by atoms with van der Waals surface area (Å²) in [6, 6.07) is 11.6. The number of ether oxygens (including phenoxy) is 4. The Labute approximate surface area is 346 Å². The Hall–Kier alpha value is -4.65. The highest BCUT2D eigenvalue weighted by molar-refractivity contribution is 5.94. The molecule has 3 unspecified atom stereocenters. The lowest BCUT2D eigenvalue weighted by Crippen LogP contribution is -2.80. The zero-order chi connectivity index (χ0) is 41.6. The van der Waals surface area contributed by atoms with Crippen molar-refractivity contribution in [3.05, 3.63) is 82.6 Å². The SMILES string of the molecule is CCC1=C[C@@H]2CN(CCc3c([nH]c4ccccc34)[C@@](C(=O)OC)(c3cc4c(cc3OC)N(C)[C@H]3C(O)(COC(C)=O)[C@H](OC(C)=O)[C@]5(CC)C=CCN6CC[C@]43C65)C2)C1. The third-order valence-electron chi connectivity index (χ3n) is 15.2. The van der Waals surface area contributed by atoms with Gasteiger partial charge in [0, 0.05) is 97.9 Å². The van der Waals surface area contributed by atoms with Crippen LogP contribution in [0.25, 0.3) is 10.9 Å². The monoisotopic (exact) mass is 806 g/mol. The summed E-state index contributed by atoms with van der Waals surface area (Å²) in [7, 11) is 5.08. The number of benzene rings is 2. The third-order valence-corrected chi connectivity index (χ3v) is 15.2. The maximum atomic E-state index is 15.3. The molecule has 2 fully saturated rings. The summed E-state index contributed by atoms with van der Waals surface area (Å²) in [6.07, 6.45) is 8.96. The normalized spacial score (nSPS) is 34.3. The summed E-state index contributed by atoms with van der Waals surface area (Å²) in [6.45, 7) is 10.6. The van der Waals surface area contributed by atoms with Gasteiger partial charge in [0.1, 0.15) is 23.9 Å². The Balaban J connectivity index is 1.36. The van der Waals surface area contributed by atoms with E-state index in [9.17, 15) is 14.7 Å². The Kier molecular flexibility index (Phi) is 9.60. The number of fused-ring (bicyclic) bond motifs is 6. The van der Waals surface area contributed by atoms with Crippen molar-refractivity contribution < 1.29 is 38.4 Å². The molecule has 0 amide bonds. The molecule has 59 heavy (non-hydrogen) atoms. The molecule has 1 saturated carbocycles. The van der Waals surface area contributed by atoms with Crippen LogP contribution in [0.2, 0.25) is 0 Å². The number of hydrogen-bond donors (Lipinski definition) is 2. The van der Waals surface area contributed by atoms with Crippen molar-refractivity contribution in [3.8, 4) is 5.75 Å². The van der Waals surface area contributed by atoms with E-state index >= 15 is 4.79 Å². The predicted octanol–water partition coefficient (Wildman–Crippen LogP) is 5.19. The number of carbonyl (C=O) groups is 3. The largest absolute Gasteiger partial charge is 0.496 e. The van der Waals surface area contributed by atoms with Crippen LogP contribution < -0.4 is 9.64 Å². The molecular formula is C47H58N4O8. The van der Waals surface area contributed by atoms with Crippen LogP contribution in [-0.2, 0) is 45.8 Å². The average molecular weight is 807 g/mol. The first-order chi connectivity index (χ1) is 28.3. The second-order valence-electron chi connectivity index (χ2n) is 17.9. The summed E-state index contributed by atoms with van der Waals surface area (Å²) < 4.78 is 24.4. The second kappa shape index (κ2) is 14.2. The van der Waals surface area contributed by atoms with Gasteiger partial charge >= 0.3 is 17.9 Å². The number of nitrogens with one attached hydrogen (secondary N) is 1.